The summed E-state index contributed by atoms with van der Waals surface area (Å²) in [6.45, 7) is 2.08. The first-order valence-electron chi connectivity index (χ1n) is 8.67. The Balaban J connectivity index is 2.10. The summed E-state index contributed by atoms with van der Waals surface area (Å²) >= 11 is 1.31. The molecule has 1 amide bonds. The minimum Gasteiger partial charge on any atom is -0.397 e. The zero-order valence-corrected chi connectivity index (χ0v) is 15.1. The molecule has 0 radical (unpaired) electrons. The molecule has 0 bridgehead atoms. The number of benzene rings is 1. The fourth-order valence-electron chi connectivity index (χ4n) is 3.71. The highest BCUT2D eigenvalue weighted by Crippen LogP contribution is 2.43. The highest BCUT2D eigenvalue weighted by molar-refractivity contribution is 7.21. The number of carbonyl (C=O) groups excluding carboxylic acids is 1. The number of amides is 1. The summed E-state index contributed by atoms with van der Waals surface area (Å²) in [5.41, 5.74) is 18.3. The van der Waals surface area contributed by atoms with E-state index in [0.717, 1.165) is 52.7 Å². The van der Waals surface area contributed by atoms with Crippen molar-refractivity contribution >= 4 is 33.1 Å². The zero-order chi connectivity index (χ0) is 17.6. The number of hydrogen-bond acceptors (Lipinski definition) is 4. The topological polar surface area (TPSA) is 82.0 Å². The molecule has 3 aromatic rings. The van der Waals surface area contributed by atoms with Crippen LogP contribution in [-0.2, 0) is 12.8 Å². The molecule has 128 valence electrons. The number of fused-ring (bicyclic) bond motifs is 2. The van der Waals surface area contributed by atoms with Crippen molar-refractivity contribution in [2.24, 2.45) is 5.73 Å². The maximum atomic E-state index is 11.8. The smallest absolute Gasteiger partial charge is 0.260 e. The van der Waals surface area contributed by atoms with Crippen molar-refractivity contribution < 1.29 is 4.79 Å². The molecule has 0 unspecified atom stereocenters. The van der Waals surface area contributed by atoms with Gasteiger partial charge in [-0.25, -0.2) is 4.98 Å². The summed E-state index contributed by atoms with van der Waals surface area (Å²) < 4.78 is 0. The molecule has 4 rings (SSSR count). The van der Waals surface area contributed by atoms with E-state index < -0.39 is 5.91 Å². The van der Waals surface area contributed by atoms with Crippen LogP contribution in [0.1, 0.15) is 45.8 Å². The van der Waals surface area contributed by atoms with Gasteiger partial charge in [0.1, 0.15) is 9.71 Å². The van der Waals surface area contributed by atoms with Crippen LogP contribution >= 0.6 is 11.3 Å². The number of carbonyl (C=O) groups is 1. The second-order valence-electron chi connectivity index (χ2n) is 6.73. The lowest BCUT2D eigenvalue weighted by atomic mass is 9.92. The maximum Gasteiger partial charge on any atom is 0.260 e. The van der Waals surface area contributed by atoms with Gasteiger partial charge >= 0.3 is 0 Å². The molecule has 5 heteroatoms. The Morgan fingerprint density at radius 3 is 2.56 bits per heavy atom. The van der Waals surface area contributed by atoms with Gasteiger partial charge in [0.2, 0.25) is 0 Å². The van der Waals surface area contributed by atoms with E-state index in [2.05, 4.69) is 31.2 Å². The van der Waals surface area contributed by atoms with Gasteiger partial charge in [0.15, 0.2) is 0 Å². The number of anilines is 1. The Kier molecular flexibility index (Phi) is 3.96. The third-order valence-electron chi connectivity index (χ3n) is 4.97. The van der Waals surface area contributed by atoms with Gasteiger partial charge in [-0.15, -0.1) is 11.3 Å². The first kappa shape index (κ1) is 16.1. The van der Waals surface area contributed by atoms with Crippen molar-refractivity contribution in [1.29, 1.82) is 0 Å². The second-order valence-corrected chi connectivity index (χ2v) is 7.73. The second kappa shape index (κ2) is 6.15. The van der Waals surface area contributed by atoms with E-state index in [1.165, 1.54) is 28.9 Å². The molecule has 4 N–H and O–H groups in total. The third-order valence-corrected chi connectivity index (χ3v) is 6.08. The Morgan fingerprint density at radius 2 is 1.84 bits per heavy atom. The number of aromatic nitrogens is 1. The summed E-state index contributed by atoms with van der Waals surface area (Å²) in [5.74, 6) is -0.481. The van der Waals surface area contributed by atoms with Crippen LogP contribution in [0.3, 0.4) is 0 Å². The predicted octanol–water partition coefficient (Wildman–Crippen LogP) is 4.22. The van der Waals surface area contributed by atoms with Crippen LogP contribution in [0.2, 0.25) is 0 Å². The molecule has 4 nitrogen and oxygen atoms in total. The van der Waals surface area contributed by atoms with Crippen LogP contribution in [0.15, 0.2) is 24.3 Å². The molecule has 0 spiro atoms. The quantitative estimate of drug-likeness (QED) is 0.678. The number of aryl methyl sites for hydroxylation is 2. The normalized spacial score (nSPS) is 14.3. The number of rotatable bonds is 2. The van der Waals surface area contributed by atoms with Crippen LogP contribution in [0.25, 0.3) is 21.3 Å². The number of primary amides is 1. The molecule has 0 fully saturated rings. The van der Waals surface area contributed by atoms with Crippen LogP contribution < -0.4 is 11.5 Å². The Hall–Kier alpha value is -2.40. The molecule has 0 atom stereocenters. The lowest BCUT2D eigenvalue weighted by Crippen LogP contribution is -2.10. The minimum absolute atomic E-state index is 0.413. The first-order chi connectivity index (χ1) is 12.1. The molecule has 1 aliphatic rings. The van der Waals surface area contributed by atoms with Gasteiger partial charge in [0.25, 0.3) is 5.91 Å². The predicted molar refractivity (Wildman–Crippen MR) is 104 cm³/mol. The highest BCUT2D eigenvalue weighted by atomic mass is 32.1. The average Bonchev–Trinajstić information content (AvgIpc) is 2.77. The van der Waals surface area contributed by atoms with E-state index in [1.54, 1.807) is 0 Å². The first-order valence-corrected chi connectivity index (χ1v) is 9.48. The van der Waals surface area contributed by atoms with E-state index in [-0.39, 0.29) is 0 Å². The number of nitrogens with two attached hydrogens (primary N) is 2. The number of pyridine rings is 1. The summed E-state index contributed by atoms with van der Waals surface area (Å²) in [7, 11) is 0. The molecule has 2 aromatic heterocycles. The number of nitrogens with zero attached hydrogens (tertiary/aromatic N) is 1. The van der Waals surface area contributed by atoms with Gasteiger partial charge in [-0.3, -0.25) is 4.79 Å². The number of nitrogen functional groups attached to an aromatic ring is 1. The molecule has 2 heterocycles. The Morgan fingerprint density at radius 1 is 1.12 bits per heavy atom. The van der Waals surface area contributed by atoms with E-state index >= 15 is 0 Å². The summed E-state index contributed by atoms with van der Waals surface area (Å²) in [5, 5.41) is 0.892. The Labute approximate surface area is 150 Å². The van der Waals surface area contributed by atoms with Gasteiger partial charge < -0.3 is 11.5 Å². The van der Waals surface area contributed by atoms with Crippen molar-refractivity contribution in [2.45, 2.75) is 39.0 Å². The number of thiophene rings is 1. The molecule has 0 saturated heterocycles. The van der Waals surface area contributed by atoms with Gasteiger partial charge in [0.05, 0.1) is 5.69 Å². The largest absolute Gasteiger partial charge is 0.397 e. The van der Waals surface area contributed by atoms with Gasteiger partial charge in [-0.05, 0) is 49.3 Å². The fourth-order valence-corrected chi connectivity index (χ4v) is 4.68. The van der Waals surface area contributed by atoms with E-state index in [0.29, 0.717) is 10.6 Å². The van der Waals surface area contributed by atoms with E-state index in [9.17, 15) is 4.79 Å². The molecule has 25 heavy (non-hydrogen) atoms. The lowest BCUT2D eigenvalue weighted by Gasteiger charge is -2.15. The lowest BCUT2D eigenvalue weighted by molar-refractivity contribution is 0.100. The molecular weight excluding hydrogens is 330 g/mol. The molecular formula is C20H21N3OS. The van der Waals surface area contributed by atoms with Gasteiger partial charge in [-0.1, -0.05) is 36.2 Å². The van der Waals surface area contributed by atoms with Crippen LogP contribution in [0.4, 0.5) is 5.69 Å². The molecule has 0 aliphatic heterocycles. The van der Waals surface area contributed by atoms with Crippen LogP contribution in [0, 0.1) is 6.92 Å². The van der Waals surface area contributed by atoms with Crippen molar-refractivity contribution in [1.82, 2.24) is 4.98 Å². The van der Waals surface area contributed by atoms with E-state index in [1.807, 2.05) is 0 Å². The van der Waals surface area contributed by atoms with Crippen LogP contribution in [-0.4, -0.2) is 10.9 Å². The minimum atomic E-state index is -0.481. The SMILES string of the molecule is Cc1ccc(-c2c3c(nc4sc(C(N)=O)c(N)c24)CCCCC3)cc1. The zero-order valence-electron chi connectivity index (χ0n) is 14.3. The Bertz CT molecular complexity index is 973. The standard InChI is InChI=1S/C20H21N3OS/c1-11-7-9-12(10-8-11)15-13-5-3-2-4-6-14(13)23-20-16(15)17(21)18(25-20)19(22)24/h7-10H,2-6,21H2,1H3,(H2,22,24). The molecule has 1 aliphatic carbocycles. The van der Waals surface area contributed by atoms with Crippen molar-refractivity contribution in [3.8, 4) is 11.1 Å². The van der Waals surface area contributed by atoms with Crippen molar-refractivity contribution in [2.75, 3.05) is 5.73 Å². The van der Waals surface area contributed by atoms with Gasteiger partial charge in [0, 0.05) is 11.1 Å². The van der Waals surface area contributed by atoms with Crippen molar-refractivity contribution in [3.05, 3.63) is 46.0 Å². The molecule has 0 saturated carbocycles. The third kappa shape index (κ3) is 2.68. The summed E-state index contributed by atoms with van der Waals surface area (Å²) in [4.78, 5) is 17.9. The van der Waals surface area contributed by atoms with Crippen LogP contribution in [0.5, 0.6) is 0 Å². The molecule has 1 aromatic carbocycles. The fraction of sp³-hybridized carbons (Fsp3) is 0.300. The van der Waals surface area contributed by atoms with E-state index in [4.69, 9.17) is 16.5 Å². The summed E-state index contributed by atoms with van der Waals surface area (Å²) in [6.07, 6.45) is 5.52. The number of hydrogen-bond donors (Lipinski definition) is 2. The monoisotopic (exact) mass is 351 g/mol. The maximum absolute atomic E-state index is 11.8. The highest BCUT2D eigenvalue weighted by Gasteiger charge is 2.24. The van der Waals surface area contributed by atoms with Gasteiger partial charge in [-0.2, -0.15) is 0 Å². The van der Waals surface area contributed by atoms with Crippen molar-refractivity contribution in [3.63, 3.8) is 0 Å². The average molecular weight is 351 g/mol. The summed E-state index contributed by atoms with van der Waals surface area (Å²) in [6, 6.07) is 8.50.